The molecule has 0 unspecified atom stereocenters. The molecular weight excluding hydrogens is 93.0 g/mol. The number of hydrogen-bond donors (Lipinski definition) is 0. The Morgan fingerprint density at radius 2 is 1.50 bits per heavy atom. The van der Waals surface area contributed by atoms with Crippen molar-refractivity contribution in [2.24, 2.45) is 0 Å². The number of hydrogen-bond acceptors (Lipinski definition) is 0. The zero-order valence-electron chi connectivity index (χ0n) is 2.63. The minimum Gasteiger partial charge on any atom is -0.159 e. The van der Waals surface area contributed by atoms with Gasteiger partial charge in [-0.1, -0.05) is 0 Å². The van der Waals surface area contributed by atoms with Gasteiger partial charge in [-0.05, 0) is 6.42 Å². The van der Waals surface area contributed by atoms with Crippen molar-refractivity contribution in [3.63, 3.8) is 0 Å². The van der Waals surface area contributed by atoms with Gasteiger partial charge in [-0.2, -0.15) is 13.2 Å². The van der Waals surface area contributed by atoms with Crippen LogP contribution in [0.5, 0.6) is 0 Å². The maximum absolute atomic E-state index is 10.5. The molecule has 0 atom stereocenters. The Bertz CT molecular complexity index is 73.0. The van der Waals surface area contributed by atoms with Crippen LogP contribution in [-0.2, 0) is 0 Å². The van der Waals surface area contributed by atoms with Crippen LogP contribution in [0.2, 0.25) is 0 Å². The molecule has 0 nitrogen and oxygen atoms in total. The highest BCUT2D eigenvalue weighted by Crippen LogP contribution is 2.10. The van der Waals surface area contributed by atoms with Crippen LogP contribution < -0.4 is 0 Å². The van der Waals surface area contributed by atoms with E-state index < -0.39 is 6.18 Å². The van der Waals surface area contributed by atoms with Crippen molar-refractivity contribution in [1.29, 1.82) is 0 Å². The quantitative estimate of drug-likeness (QED) is 0.394. The predicted octanol–water partition coefficient (Wildman–Crippen LogP) is 1.14. The lowest BCUT2D eigenvalue weighted by Gasteiger charge is -1.87. The molecule has 0 heterocycles. The second-order valence-electron chi connectivity index (χ2n) is 0.623. The number of halogens is 3. The molecule has 0 aliphatic heterocycles. The molecule has 0 aliphatic rings. The van der Waals surface area contributed by atoms with E-state index in [1.807, 2.05) is 0 Å². The van der Waals surface area contributed by atoms with Crippen LogP contribution in [0.3, 0.4) is 0 Å². The zero-order valence-corrected chi connectivity index (χ0v) is 2.63. The highest BCUT2D eigenvalue weighted by Gasteiger charge is 2.21. The molecule has 0 saturated heterocycles. The largest absolute Gasteiger partial charge is 0.458 e. The van der Waals surface area contributed by atoms with Crippen molar-refractivity contribution >= 4 is 0 Å². The van der Waals surface area contributed by atoms with Gasteiger partial charge in [0.1, 0.15) is 0 Å². The van der Waals surface area contributed by atoms with E-state index in [9.17, 15) is 13.2 Å². The summed E-state index contributed by atoms with van der Waals surface area (Å²) in [5, 5.41) is 0. The van der Waals surface area contributed by atoms with Crippen LogP contribution in [0.4, 0.5) is 13.2 Å². The van der Waals surface area contributed by atoms with Gasteiger partial charge >= 0.3 is 6.18 Å². The molecule has 0 N–H and O–H groups in total. The van der Waals surface area contributed by atoms with Gasteiger partial charge < -0.3 is 0 Å². The van der Waals surface area contributed by atoms with E-state index in [1.165, 1.54) is 0 Å². The molecule has 33 valence electrons. The molecule has 0 fully saturated rings. The zero-order chi connectivity index (χ0) is 5.21. The minimum atomic E-state index is -4.54. The molecule has 3 heteroatoms. The average Bonchev–Trinajstić information content (AvgIpc) is 1.35. The predicted molar refractivity (Wildman–Crippen MR) is 13.2 cm³/mol. The van der Waals surface area contributed by atoms with Gasteiger partial charge in [-0.25, -0.2) is 0 Å². The first-order valence-corrected chi connectivity index (χ1v) is 1.07. The molecule has 1 radical (unpaired) electrons. The molecule has 0 spiro atoms. The Morgan fingerprint density at radius 3 is 1.50 bits per heavy atom. The first-order chi connectivity index (χ1) is 2.56. The molecule has 0 aromatic rings. The van der Waals surface area contributed by atoms with Crippen molar-refractivity contribution in [2.75, 3.05) is 0 Å². The standard InChI is InChI=1S/C3F3/c1-2-3(4,5)6. The molecule has 0 aromatic carbocycles. The van der Waals surface area contributed by atoms with Crippen molar-refractivity contribution in [2.45, 2.75) is 6.18 Å². The lowest BCUT2D eigenvalue weighted by Crippen LogP contribution is -1.99. The third-order valence-corrected chi connectivity index (χ3v) is 0.142. The van der Waals surface area contributed by atoms with Crippen molar-refractivity contribution in [1.82, 2.24) is 0 Å². The van der Waals surface area contributed by atoms with E-state index in [-0.39, 0.29) is 0 Å². The summed E-state index contributed by atoms with van der Waals surface area (Å²) in [6.07, 6.45) is 0.938. The molecule has 0 amide bonds. The fourth-order valence-electron chi connectivity index (χ4n) is 0. The highest BCUT2D eigenvalue weighted by atomic mass is 19.4. The number of alkyl halides is 3. The monoisotopic (exact) mass is 93.0 g/mol. The molecule has 0 aromatic heterocycles. The Balaban J connectivity index is 3.55. The summed E-state index contributed by atoms with van der Waals surface area (Å²) in [7, 11) is 0. The van der Waals surface area contributed by atoms with Gasteiger partial charge in [-0.15, -0.1) is 0 Å². The van der Waals surface area contributed by atoms with Gasteiger partial charge in [0.2, 0.25) is 0 Å². The molecule has 0 aliphatic carbocycles. The fourth-order valence-corrected chi connectivity index (χ4v) is 0. The summed E-state index contributed by atoms with van der Waals surface area (Å²) in [4.78, 5) is 0. The first-order valence-electron chi connectivity index (χ1n) is 1.07. The maximum Gasteiger partial charge on any atom is 0.458 e. The normalized spacial score (nSPS) is 10.3. The van der Waals surface area contributed by atoms with Crippen LogP contribution in [0.15, 0.2) is 0 Å². The van der Waals surface area contributed by atoms with Crippen LogP contribution in [-0.4, -0.2) is 6.18 Å². The minimum absolute atomic E-state index is 0.354. The lowest BCUT2D eigenvalue weighted by molar-refractivity contribution is -0.0698. The van der Waals surface area contributed by atoms with E-state index in [4.69, 9.17) is 6.42 Å². The van der Waals surface area contributed by atoms with Crippen molar-refractivity contribution < 1.29 is 13.2 Å². The first kappa shape index (κ1) is 5.35. The van der Waals surface area contributed by atoms with Gasteiger partial charge in [0.15, 0.2) is 0 Å². The van der Waals surface area contributed by atoms with E-state index in [0.29, 0.717) is 5.92 Å². The molecule has 0 bridgehead atoms. The van der Waals surface area contributed by atoms with E-state index in [1.54, 1.807) is 0 Å². The molecule has 0 saturated carbocycles. The highest BCUT2D eigenvalue weighted by molar-refractivity contribution is 4.85. The van der Waals surface area contributed by atoms with Crippen LogP contribution in [0, 0.1) is 12.3 Å². The van der Waals surface area contributed by atoms with Crippen LogP contribution in [0.1, 0.15) is 0 Å². The second-order valence-corrected chi connectivity index (χ2v) is 0.623. The third-order valence-electron chi connectivity index (χ3n) is 0.142. The molecular formula is C3F3. The Labute approximate surface area is 33.0 Å². The SMILES string of the molecule is [C]#CC(F)(F)F. The third kappa shape index (κ3) is 3.35. The summed E-state index contributed by atoms with van der Waals surface area (Å²) >= 11 is 0. The van der Waals surface area contributed by atoms with Gasteiger partial charge in [-0.3, -0.25) is 0 Å². The van der Waals surface area contributed by atoms with Crippen LogP contribution >= 0.6 is 0 Å². The Kier molecular flexibility index (Phi) is 1.08. The van der Waals surface area contributed by atoms with Crippen LogP contribution in [0.25, 0.3) is 0 Å². The lowest BCUT2D eigenvalue weighted by atomic mass is 10.7. The second kappa shape index (κ2) is 1.21. The average molecular weight is 93.0 g/mol. The van der Waals surface area contributed by atoms with Gasteiger partial charge in [0.05, 0.1) is 0 Å². The van der Waals surface area contributed by atoms with E-state index >= 15 is 0 Å². The Morgan fingerprint density at radius 1 is 1.33 bits per heavy atom. The fraction of sp³-hybridized carbons (Fsp3) is 0.333. The van der Waals surface area contributed by atoms with Crippen molar-refractivity contribution in [3.05, 3.63) is 6.42 Å². The molecule has 6 heavy (non-hydrogen) atoms. The topological polar surface area (TPSA) is 0 Å². The maximum atomic E-state index is 10.5. The van der Waals surface area contributed by atoms with Gasteiger partial charge in [0, 0.05) is 5.92 Å². The molecule has 0 rings (SSSR count). The number of rotatable bonds is 0. The van der Waals surface area contributed by atoms with E-state index in [2.05, 4.69) is 0 Å². The van der Waals surface area contributed by atoms with Gasteiger partial charge in [0.25, 0.3) is 0 Å². The van der Waals surface area contributed by atoms with E-state index in [0.717, 1.165) is 0 Å². The summed E-state index contributed by atoms with van der Waals surface area (Å²) in [6, 6.07) is 0. The smallest absolute Gasteiger partial charge is 0.159 e. The summed E-state index contributed by atoms with van der Waals surface area (Å²) < 4.78 is 31.5. The van der Waals surface area contributed by atoms with Crippen molar-refractivity contribution in [3.8, 4) is 5.92 Å². The summed E-state index contributed by atoms with van der Waals surface area (Å²) in [5.74, 6) is 0.354. The Hall–Kier alpha value is -0.650. The summed E-state index contributed by atoms with van der Waals surface area (Å²) in [6.45, 7) is 0. The summed E-state index contributed by atoms with van der Waals surface area (Å²) in [5.41, 5.74) is 0.